The minimum atomic E-state index is -4.40. The Bertz CT molecular complexity index is 634. The van der Waals surface area contributed by atoms with Gasteiger partial charge in [-0.15, -0.1) is 0 Å². The second-order valence-electron chi connectivity index (χ2n) is 4.93. The van der Waals surface area contributed by atoms with E-state index in [-0.39, 0.29) is 5.56 Å². The van der Waals surface area contributed by atoms with Gasteiger partial charge in [-0.3, -0.25) is 0 Å². The van der Waals surface area contributed by atoms with Crippen LogP contribution in [0.4, 0.5) is 13.2 Å². The van der Waals surface area contributed by atoms with E-state index in [1.54, 1.807) is 16.8 Å². The van der Waals surface area contributed by atoms with Crippen molar-refractivity contribution < 1.29 is 18.3 Å². The highest BCUT2D eigenvalue weighted by Crippen LogP contribution is 2.36. The zero-order chi connectivity index (χ0) is 14.3. The molecule has 1 aromatic carbocycles. The summed E-state index contributed by atoms with van der Waals surface area (Å²) in [4.78, 5) is 4.28. The van der Waals surface area contributed by atoms with Crippen LogP contribution in [-0.2, 0) is 19.1 Å². The van der Waals surface area contributed by atoms with Crippen molar-refractivity contribution >= 4 is 0 Å². The molecule has 0 saturated heterocycles. The van der Waals surface area contributed by atoms with E-state index >= 15 is 0 Å². The van der Waals surface area contributed by atoms with Gasteiger partial charge in [-0.05, 0) is 12.5 Å². The highest BCUT2D eigenvalue weighted by Gasteiger charge is 2.34. The number of nitrogens with zero attached hydrogens (tertiary/aromatic N) is 2. The summed E-state index contributed by atoms with van der Waals surface area (Å²) in [6.45, 7) is 0.385. The summed E-state index contributed by atoms with van der Waals surface area (Å²) in [5.41, 5.74) is -0.297. The first kappa shape index (κ1) is 13.2. The molecule has 3 nitrogen and oxygen atoms in total. The lowest BCUT2D eigenvalue weighted by Gasteiger charge is -2.18. The highest BCUT2D eigenvalue weighted by atomic mass is 19.4. The molecular formula is C14H13F3N2O. The summed E-state index contributed by atoms with van der Waals surface area (Å²) in [7, 11) is 0. The molecule has 1 atom stereocenters. The third-order valence-electron chi connectivity index (χ3n) is 3.48. The molecule has 20 heavy (non-hydrogen) atoms. The molecule has 1 aromatic heterocycles. The van der Waals surface area contributed by atoms with Crippen molar-refractivity contribution in [2.45, 2.75) is 31.7 Å². The van der Waals surface area contributed by atoms with Crippen molar-refractivity contribution in [2.75, 3.05) is 0 Å². The number of imidazole rings is 1. The molecule has 106 valence electrons. The van der Waals surface area contributed by atoms with Gasteiger partial charge in [0.1, 0.15) is 5.82 Å². The molecule has 0 aliphatic carbocycles. The summed E-state index contributed by atoms with van der Waals surface area (Å²) in [5, 5.41) is 9.59. The van der Waals surface area contributed by atoms with Crippen LogP contribution in [0.15, 0.2) is 30.5 Å². The van der Waals surface area contributed by atoms with Crippen LogP contribution in [0.25, 0.3) is 11.3 Å². The molecule has 0 fully saturated rings. The molecule has 2 aromatic rings. The number of halogens is 3. The van der Waals surface area contributed by atoms with E-state index in [4.69, 9.17) is 0 Å². The lowest BCUT2D eigenvalue weighted by Crippen LogP contribution is -2.23. The standard InChI is InChI=1S/C14H13F3N2O/c15-14(16,17)11-4-2-1-3-10(11)12-8-19-7-9(20)5-6-13(19)18-12/h1-4,8-9,20H,5-7H2. The molecule has 0 radical (unpaired) electrons. The van der Waals surface area contributed by atoms with Gasteiger partial charge in [-0.25, -0.2) is 4.98 Å². The molecule has 3 rings (SSSR count). The number of aryl methyl sites for hydroxylation is 1. The lowest BCUT2D eigenvalue weighted by atomic mass is 10.0. The van der Waals surface area contributed by atoms with Gasteiger partial charge < -0.3 is 9.67 Å². The second-order valence-corrected chi connectivity index (χ2v) is 4.93. The number of hydrogen-bond donors (Lipinski definition) is 1. The number of aromatic nitrogens is 2. The van der Waals surface area contributed by atoms with Crippen LogP contribution >= 0.6 is 0 Å². The Kier molecular flexibility index (Phi) is 3.05. The number of aliphatic hydroxyl groups is 1. The van der Waals surface area contributed by atoms with Gasteiger partial charge in [0, 0.05) is 24.7 Å². The summed E-state index contributed by atoms with van der Waals surface area (Å²) >= 11 is 0. The topological polar surface area (TPSA) is 38.1 Å². The van der Waals surface area contributed by atoms with Gasteiger partial charge in [-0.1, -0.05) is 18.2 Å². The normalized spacial score (nSPS) is 18.9. The molecule has 1 N–H and O–H groups in total. The van der Waals surface area contributed by atoms with Gasteiger partial charge in [0.25, 0.3) is 0 Å². The summed E-state index contributed by atoms with van der Waals surface area (Å²) in [5.74, 6) is 0.724. The van der Waals surface area contributed by atoms with E-state index < -0.39 is 17.8 Å². The van der Waals surface area contributed by atoms with Gasteiger partial charge >= 0.3 is 6.18 Å². The van der Waals surface area contributed by atoms with E-state index in [1.165, 1.54) is 12.1 Å². The summed E-state index contributed by atoms with van der Waals surface area (Å²) < 4.78 is 40.7. The van der Waals surface area contributed by atoms with E-state index in [1.807, 2.05) is 0 Å². The minimum absolute atomic E-state index is 0.0800. The molecule has 0 bridgehead atoms. The van der Waals surface area contributed by atoms with Gasteiger partial charge in [-0.2, -0.15) is 13.2 Å². The molecule has 1 aliphatic rings. The maximum atomic E-state index is 13.0. The Hall–Kier alpha value is -1.82. The van der Waals surface area contributed by atoms with E-state index in [2.05, 4.69) is 4.98 Å². The third kappa shape index (κ3) is 2.31. The van der Waals surface area contributed by atoms with Crippen molar-refractivity contribution in [1.82, 2.24) is 9.55 Å². The van der Waals surface area contributed by atoms with E-state index in [0.29, 0.717) is 25.1 Å². The predicted octanol–water partition coefficient (Wildman–Crippen LogP) is 2.88. The number of rotatable bonds is 1. The van der Waals surface area contributed by atoms with Crippen LogP contribution in [-0.4, -0.2) is 20.8 Å². The number of hydrogen-bond acceptors (Lipinski definition) is 2. The number of aliphatic hydroxyl groups excluding tert-OH is 1. The third-order valence-corrected chi connectivity index (χ3v) is 3.48. The Morgan fingerprint density at radius 2 is 2.00 bits per heavy atom. The van der Waals surface area contributed by atoms with Crippen LogP contribution in [0.2, 0.25) is 0 Å². The first-order valence-electron chi connectivity index (χ1n) is 6.36. The maximum Gasteiger partial charge on any atom is 0.417 e. The van der Waals surface area contributed by atoms with Crippen LogP contribution in [0, 0.1) is 0 Å². The Morgan fingerprint density at radius 1 is 1.25 bits per heavy atom. The highest BCUT2D eigenvalue weighted by molar-refractivity contribution is 5.64. The average Bonchev–Trinajstić information content (AvgIpc) is 2.80. The van der Waals surface area contributed by atoms with Crippen molar-refractivity contribution in [2.24, 2.45) is 0 Å². The molecule has 1 aliphatic heterocycles. The van der Waals surface area contributed by atoms with Crippen LogP contribution in [0.5, 0.6) is 0 Å². The van der Waals surface area contributed by atoms with Crippen LogP contribution < -0.4 is 0 Å². The fourth-order valence-electron chi connectivity index (χ4n) is 2.51. The second kappa shape index (κ2) is 4.63. The first-order valence-corrected chi connectivity index (χ1v) is 6.36. The van der Waals surface area contributed by atoms with E-state index in [0.717, 1.165) is 11.9 Å². The number of alkyl halides is 3. The molecule has 1 unspecified atom stereocenters. The van der Waals surface area contributed by atoms with E-state index in [9.17, 15) is 18.3 Å². The van der Waals surface area contributed by atoms with Crippen LogP contribution in [0.1, 0.15) is 17.8 Å². The quantitative estimate of drug-likeness (QED) is 0.873. The lowest BCUT2D eigenvalue weighted by molar-refractivity contribution is -0.137. The Morgan fingerprint density at radius 3 is 2.75 bits per heavy atom. The van der Waals surface area contributed by atoms with Gasteiger partial charge in [0.15, 0.2) is 0 Å². The average molecular weight is 282 g/mol. The Labute approximate surface area is 113 Å². The van der Waals surface area contributed by atoms with Crippen LogP contribution in [0.3, 0.4) is 0 Å². The molecule has 0 saturated carbocycles. The fourth-order valence-corrected chi connectivity index (χ4v) is 2.51. The van der Waals surface area contributed by atoms with Gasteiger partial charge in [0.2, 0.25) is 0 Å². The maximum absolute atomic E-state index is 13.0. The fraction of sp³-hybridized carbons (Fsp3) is 0.357. The van der Waals surface area contributed by atoms with Gasteiger partial charge in [0.05, 0.1) is 17.4 Å². The largest absolute Gasteiger partial charge is 0.417 e. The van der Waals surface area contributed by atoms with Crippen molar-refractivity contribution in [3.63, 3.8) is 0 Å². The monoisotopic (exact) mass is 282 g/mol. The van der Waals surface area contributed by atoms with Crippen molar-refractivity contribution in [3.8, 4) is 11.3 Å². The SMILES string of the molecule is OC1CCc2nc(-c3ccccc3C(F)(F)F)cn2C1. The molecule has 0 spiro atoms. The zero-order valence-corrected chi connectivity index (χ0v) is 10.6. The summed E-state index contributed by atoms with van der Waals surface area (Å²) in [6.07, 6.45) is -2.10. The zero-order valence-electron chi connectivity index (χ0n) is 10.6. The molecular weight excluding hydrogens is 269 g/mol. The molecule has 6 heteroatoms. The Balaban J connectivity index is 2.07. The number of fused-ring (bicyclic) bond motifs is 1. The predicted molar refractivity (Wildman–Crippen MR) is 67.0 cm³/mol. The minimum Gasteiger partial charge on any atom is -0.391 e. The summed E-state index contributed by atoms with van der Waals surface area (Å²) in [6, 6.07) is 5.42. The molecule has 0 amide bonds. The molecule has 2 heterocycles. The van der Waals surface area contributed by atoms with Crippen molar-refractivity contribution in [3.05, 3.63) is 41.9 Å². The smallest absolute Gasteiger partial charge is 0.391 e. The first-order chi connectivity index (χ1) is 9.45. The number of benzene rings is 1. The van der Waals surface area contributed by atoms with Crippen molar-refractivity contribution in [1.29, 1.82) is 0 Å².